The highest BCUT2D eigenvalue weighted by molar-refractivity contribution is 7.92. The molecule has 0 fully saturated rings. The van der Waals surface area contributed by atoms with Crippen LogP contribution in [0.3, 0.4) is 0 Å². The molecule has 13 heteroatoms. The molecule has 0 heterocycles. The topological polar surface area (TPSA) is 94.2 Å². The van der Waals surface area contributed by atoms with Crippen molar-refractivity contribution in [3.05, 3.63) is 76.8 Å². The molecule has 3 aromatic rings. The summed E-state index contributed by atoms with van der Waals surface area (Å²) in [6, 6.07) is 12.6. The number of benzene rings is 3. The minimum absolute atomic E-state index is 0.0241. The average Bonchev–Trinajstić information content (AvgIpc) is 2.89. The number of alkyl halides is 3. The largest absolute Gasteiger partial charge is 0.495 e. The third-order valence-corrected chi connectivity index (χ3v) is 7.37. The average molecular weight is 573 g/mol. The molecular weight excluding hydrogens is 549 g/mol. The Bertz CT molecular complexity index is 1420. The Kier molecular flexibility index (Phi) is 9.00. The van der Waals surface area contributed by atoms with Gasteiger partial charge in [0.25, 0.3) is 10.0 Å². The van der Waals surface area contributed by atoms with Gasteiger partial charge in [0.2, 0.25) is 5.91 Å². The van der Waals surface area contributed by atoms with E-state index in [1.165, 1.54) is 69.9 Å². The number of halogens is 4. The number of methoxy groups -OCH3 is 3. The second-order valence-electron chi connectivity index (χ2n) is 7.82. The van der Waals surface area contributed by atoms with Crippen molar-refractivity contribution >= 4 is 33.2 Å². The first-order valence-electron chi connectivity index (χ1n) is 10.9. The van der Waals surface area contributed by atoms with E-state index in [4.69, 9.17) is 25.8 Å². The summed E-state index contributed by atoms with van der Waals surface area (Å²) < 4.78 is 83.1. The SMILES string of the molecule is COc1ccc(S(=O)(=O)N(CC(=O)NCc2cccc(C(F)(F)F)c2)c2cc(Cl)ccc2OC)cc1OC. The number of carbonyl (C=O) groups excluding carboxylic acids is 1. The van der Waals surface area contributed by atoms with E-state index >= 15 is 0 Å². The quantitative estimate of drug-likeness (QED) is 0.372. The molecule has 0 aliphatic carbocycles. The van der Waals surface area contributed by atoms with E-state index < -0.39 is 34.2 Å². The second kappa shape index (κ2) is 11.8. The van der Waals surface area contributed by atoms with E-state index in [9.17, 15) is 26.4 Å². The van der Waals surface area contributed by atoms with Crippen molar-refractivity contribution in [1.82, 2.24) is 5.32 Å². The van der Waals surface area contributed by atoms with Crippen molar-refractivity contribution in [2.75, 3.05) is 32.2 Å². The third-order valence-electron chi connectivity index (χ3n) is 5.38. The van der Waals surface area contributed by atoms with E-state index in [2.05, 4.69) is 5.32 Å². The van der Waals surface area contributed by atoms with E-state index in [-0.39, 0.29) is 45.0 Å². The van der Waals surface area contributed by atoms with Crippen molar-refractivity contribution in [1.29, 1.82) is 0 Å². The Morgan fingerprint density at radius 2 is 1.58 bits per heavy atom. The predicted molar refractivity (Wildman–Crippen MR) is 135 cm³/mol. The number of hydrogen-bond acceptors (Lipinski definition) is 6. The molecule has 0 saturated heterocycles. The molecule has 0 saturated carbocycles. The summed E-state index contributed by atoms with van der Waals surface area (Å²) in [7, 11) is -0.361. The molecular formula is C25H24ClF3N2O6S. The molecule has 0 bridgehead atoms. The molecule has 0 aliphatic rings. The molecule has 3 aromatic carbocycles. The molecule has 0 aliphatic heterocycles. The molecule has 0 radical (unpaired) electrons. The molecule has 0 spiro atoms. The van der Waals surface area contributed by atoms with Gasteiger partial charge >= 0.3 is 6.18 Å². The standard InChI is InChI=1S/C25H24ClF3N2O6S/c1-35-21-9-7-18(26)12-20(21)31(38(33,34)19-8-10-22(36-2)23(13-19)37-3)15-24(32)30-14-16-5-4-6-17(11-16)25(27,28)29/h4-13H,14-15H2,1-3H3,(H,30,32). The van der Waals surface area contributed by atoms with Crippen LogP contribution in [0.2, 0.25) is 5.02 Å². The molecule has 0 aromatic heterocycles. The summed E-state index contributed by atoms with van der Waals surface area (Å²) in [5.74, 6) is -0.240. The molecule has 1 amide bonds. The highest BCUT2D eigenvalue weighted by Gasteiger charge is 2.32. The molecule has 0 atom stereocenters. The minimum Gasteiger partial charge on any atom is -0.495 e. The molecule has 1 N–H and O–H groups in total. The zero-order valence-electron chi connectivity index (χ0n) is 20.5. The molecule has 0 unspecified atom stereocenters. The Labute approximate surface area is 222 Å². The van der Waals surface area contributed by atoms with E-state index in [0.717, 1.165) is 16.4 Å². The summed E-state index contributed by atoms with van der Waals surface area (Å²) in [5.41, 5.74) is -0.711. The molecule has 204 valence electrons. The number of sulfonamides is 1. The number of nitrogens with zero attached hydrogens (tertiary/aromatic N) is 1. The van der Waals surface area contributed by atoms with Gasteiger partial charge in [-0.25, -0.2) is 8.42 Å². The summed E-state index contributed by atoms with van der Waals surface area (Å²) in [6.45, 7) is -0.994. The number of ether oxygens (including phenoxy) is 3. The van der Waals surface area contributed by atoms with Gasteiger partial charge in [0, 0.05) is 17.6 Å². The third kappa shape index (κ3) is 6.62. The van der Waals surface area contributed by atoms with Crippen LogP contribution in [-0.2, 0) is 27.5 Å². The number of anilines is 1. The normalized spacial score (nSPS) is 11.6. The number of rotatable bonds is 10. The number of carbonyl (C=O) groups is 1. The highest BCUT2D eigenvalue weighted by Crippen LogP contribution is 2.37. The fourth-order valence-corrected chi connectivity index (χ4v) is 5.11. The lowest BCUT2D eigenvalue weighted by Gasteiger charge is -2.26. The van der Waals surface area contributed by atoms with E-state index in [1.807, 2.05) is 0 Å². The summed E-state index contributed by atoms with van der Waals surface area (Å²) in [6.07, 6.45) is -4.55. The first-order valence-corrected chi connectivity index (χ1v) is 12.7. The number of hydrogen-bond donors (Lipinski definition) is 1. The molecule has 8 nitrogen and oxygen atoms in total. The van der Waals surface area contributed by atoms with Crippen LogP contribution < -0.4 is 23.8 Å². The Hall–Kier alpha value is -3.64. The highest BCUT2D eigenvalue weighted by atomic mass is 35.5. The van der Waals surface area contributed by atoms with Crippen LogP contribution in [-0.4, -0.2) is 42.2 Å². The van der Waals surface area contributed by atoms with Gasteiger partial charge in [-0.05, 0) is 48.0 Å². The Balaban J connectivity index is 1.97. The fourth-order valence-electron chi connectivity index (χ4n) is 3.51. The van der Waals surface area contributed by atoms with Crippen LogP contribution in [0.25, 0.3) is 0 Å². The first kappa shape index (κ1) is 28.9. The monoisotopic (exact) mass is 572 g/mol. The predicted octanol–water partition coefficient (Wildman–Crippen LogP) is 4.90. The Morgan fingerprint density at radius 3 is 2.21 bits per heavy atom. The van der Waals surface area contributed by atoms with Gasteiger partial charge in [0.15, 0.2) is 11.5 Å². The van der Waals surface area contributed by atoms with Gasteiger partial charge in [-0.1, -0.05) is 23.7 Å². The zero-order chi connectivity index (χ0) is 28.1. The van der Waals surface area contributed by atoms with Crippen molar-refractivity contribution < 1.29 is 40.6 Å². The van der Waals surface area contributed by atoms with Gasteiger partial charge in [0.1, 0.15) is 12.3 Å². The maximum atomic E-state index is 13.8. The van der Waals surface area contributed by atoms with Gasteiger partial charge in [-0.2, -0.15) is 13.2 Å². The maximum absolute atomic E-state index is 13.8. The molecule has 38 heavy (non-hydrogen) atoms. The van der Waals surface area contributed by atoms with Gasteiger partial charge in [0.05, 0.1) is 37.5 Å². The fraction of sp³-hybridized carbons (Fsp3) is 0.240. The minimum atomic E-state index is -4.55. The van der Waals surface area contributed by atoms with Crippen molar-refractivity contribution in [3.8, 4) is 17.2 Å². The lowest BCUT2D eigenvalue weighted by atomic mass is 10.1. The van der Waals surface area contributed by atoms with Crippen LogP contribution in [0.15, 0.2) is 65.6 Å². The Morgan fingerprint density at radius 1 is 0.921 bits per heavy atom. The van der Waals surface area contributed by atoms with Crippen LogP contribution in [0.1, 0.15) is 11.1 Å². The van der Waals surface area contributed by atoms with Crippen molar-refractivity contribution in [3.63, 3.8) is 0 Å². The zero-order valence-corrected chi connectivity index (χ0v) is 22.1. The molecule has 3 rings (SSSR count). The second-order valence-corrected chi connectivity index (χ2v) is 10.1. The lowest BCUT2D eigenvalue weighted by Crippen LogP contribution is -2.41. The first-order chi connectivity index (χ1) is 17.9. The van der Waals surface area contributed by atoms with Crippen LogP contribution in [0.4, 0.5) is 18.9 Å². The number of amides is 1. The summed E-state index contributed by atoms with van der Waals surface area (Å²) in [4.78, 5) is 12.7. The summed E-state index contributed by atoms with van der Waals surface area (Å²) in [5, 5.41) is 2.64. The summed E-state index contributed by atoms with van der Waals surface area (Å²) >= 11 is 6.12. The smallest absolute Gasteiger partial charge is 0.416 e. The lowest BCUT2D eigenvalue weighted by molar-refractivity contribution is -0.137. The van der Waals surface area contributed by atoms with Gasteiger partial charge < -0.3 is 19.5 Å². The van der Waals surface area contributed by atoms with Crippen molar-refractivity contribution in [2.45, 2.75) is 17.6 Å². The van der Waals surface area contributed by atoms with Crippen LogP contribution in [0.5, 0.6) is 17.2 Å². The number of nitrogens with one attached hydrogen (secondary N) is 1. The van der Waals surface area contributed by atoms with Crippen molar-refractivity contribution in [2.24, 2.45) is 0 Å². The van der Waals surface area contributed by atoms with E-state index in [0.29, 0.717) is 0 Å². The van der Waals surface area contributed by atoms with E-state index in [1.54, 1.807) is 0 Å². The van der Waals surface area contributed by atoms with Crippen LogP contribution in [0, 0.1) is 0 Å². The van der Waals surface area contributed by atoms with Gasteiger partial charge in [-0.15, -0.1) is 0 Å². The maximum Gasteiger partial charge on any atom is 0.416 e. The van der Waals surface area contributed by atoms with Crippen LogP contribution >= 0.6 is 11.6 Å². The van der Waals surface area contributed by atoms with Gasteiger partial charge in [-0.3, -0.25) is 9.10 Å².